The van der Waals surface area contributed by atoms with Crippen molar-refractivity contribution < 1.29 is 4.79 Å². The van der Waals surface area contributed by atoms with E-state index < -0.39 is 0 Å². The second-order valence-corrected chi connectivity index (χ2v) is 9.26. The van der Waals surface area contributed by atoms with Crippen LogP contribution < -0.4 is 5.32 Å². The molecule has 1 aliphatic rings. The van der Waals surface area contributed by atoms with Crippen LogP contribution in [0.4, 0.5) is 0 Å². The van der Waals surface area contributed by atoms with E-state index in [4.69, 9.17) is 0 Å². The summed E-state index contributed by atoms with van der Waals surface area (Å²) in [6.07, 6.45) is 2.17. The van der Waals surface area contributed by atoms with Crippen LogP contribution >= 0.6 is 0 Å². The third-order valence-electron chi connectivity index (χ3n) is 7.17. The molecule has 2 heteroatoms. The average Bonchev–Trinajstić information content (AvgIpc) is 3.34. The Balaban J connectivity index is 1.46. The summed E-state index contributed by atoms with van der Waals surface area (Å²) >= 11 is 0. The van der Waals surface area contributed by atoms with Gasteiger partial charge in [0, 0.05) is 0 Å². The van der Waals surface area contributed by atoms with Crippen molar-refractivity contribution in [2.24, 2.45) is 0 Å². The van der Waals surface area contributed by atoms with E-state index in [9.17, 15) is 4.79 Å². The van der Waals surface area contributed by atoms with Crippen molar-refractivity contribution in [3.63, 3.8) is 0 Å². The van der Waals surface area contributed by atoms with Gasteiger partial charge in [-0.05, 0) is 57.0 Å². The summed E-state index contributed by atoms with van der Waals surface area (Å²) in [7, 11) is 0. The summed E-state index contributed by atoms with van der Waals surface area (Å²) in [6, 6.07) is 41.2. The molecule has 0 saturated carbocycles. The third-order valence-corrected chi connectivity index (χ3v) is 7.17. The Morgan fingerprint density at radius 2 is 1.11 bits per heavy atom. The van der Waals surface area contributed by atoms with Crippen molar-refractivity contribution in [3.8, 4) is 0 Å². The van der Waals surface area contributed by atoms with E-state index in [0.717, 1.165) is 35.1 Å². The second kappa shape index (κ2) is 9.23. The second-order valence-electron chi connectivity index (χ2n) is 9.26. The van der Waals surface area contributed by atoms with Gasteiger partial charge in [0.15, 0.2) is 0 Å². The molecule has 0 fully saturated rings. The molecule has 0 bridgehead atoms. The number of carbonyl (C=O) groups is 1. The van der Waals surface area contributed by atoms with E-state index in [0.29, 0.717) is 0 Å². The molecule has 170 valence electrons. The van der Waals surface area contributed by atoms with Crippen molar-refractivity contribution in [1.29, 1.82) is 0 Å². The molecule has 0 aromatic heterocycles. The number of amides is 1. The first-order valence-electron chi connectivity index (χ1n) is 12.3. The largest absolute Gasteiger partial charge is 0.344 e. The fraction of sp³-hybridized carbons (Fsp3) is 0.121. The quantitative estimate of drug-likeness (QED) is 0.295. The Bertz CT molecular complexity index is 1430. The van der Waals surface area contributed by atoms with E-state index in [1.807, 2.05) is 78.9 Å². The molecule has 1 unspecified atom stereocenters. The maximum atomic E-state index is 14.1. The van der Waals surface area contributed by atoms with Crippen molar-refractivity contribution >= 4 is 16.7 Å². The lowest BCUT2D eigenvalue weighted by molar-refractivity contribution is -0.122. The van der Waals surface area contributed by atoms with Gasteiger partial charge in [-0.2, -0.15) is 0 Å². The van der Waals surface area contributed by atoms with Gasteiger partial charge in [-0.1, -0.05) is 121 Å². The smallest absolute Gasteiger partial charge is 0.232 e. The van der Waals surface area contributed by atoms with Crippen LogP contribution in [-0.4, -0.2) is 5.91 Å². The van der Waals surface area contributed by atoms with Gasteiger partial charge in [-0.15, -0.1) is 0 Å². The minimum atomic E-state index is -0.389. The molecule has 5 aromatic rings. The summed E-state index contributed by atoms with van der Waals surface area (Å²) in [6.45, 7) is 0. The topological polar surface area (TPSA) is 29.1 Å². The predicted octanol–water partition coefficient (Wildman–Crippen LogP) is 6.98. The van der Waals surface area contributed by atoms with Gasteiger partial charge in [0.25, 0.3) is 0 Å². The average molecular weight is 454 g/mol. The van der Waals surface area contributed by atoms with E-state index in [1.54, 1.807) is 0 Å². The Labute approximate surface area is 206 Å². The van der Waals surface area contributed by atoms with Crippen LogP contribution in [0, 0.1) is 0 Å². The van der Waals surface area contributed by atoms with Gasteiger partial charge in [-0.25, -0.2) is 0 Å². The Kier molecular flexibility index (Phi) is 5.64. The SMILES string of the molecule is O=C(NC(c1ccccc1)c1ccc2c3c(cccc13)CC2)C(c1ccccc1)c1ccccc1. The first-order valence-corrected chi connectivity index (χ1v) is 12.3. The normalized spacial score (nSPS) is 13.2. The minimum absolute atomic E-state index is 0.000457. The number of carbonyl (C=O) groups excluding carboxylic acids is 1. The molecule has 5 aromatic carbocycles. The fourth-order valence-electron chi connectivity index (χ4n) is 5.52. The zero-order chi connectivity index (χ0) is 23.6. The van der Waals surface area contributed by atoms with Gasteiger partial charge in [0.1, 0.15) is 0 Å². The molecule has 0 saturated heterocycles. The van der Waals surface area contributed by atoms with Crippen LogP contribution in [0.5, 0.6) is 0 Å². The standard InChI is InChI=1S/C33H27NO/c35-33(31(23-11-4-1-5-12-23)24-13-6-2-7-14-24)34-32(27-15-8-3-9-16-27)29-22-21-26-20-19-25-17-10-18-28(29)30(25)26/h1-18,21-22,31-32H,19-20H2,(H,34,35). The van der Waals surface area contributed by atoms with Crippen molar-refractivity contribution in [1.82, 2.24) is 5.32 Å². The lowest BCUT2D eigenvalue weighted by atomic mass is 9.88. The van der Waals surface area contributed by atoms with Crippen LogP contribution in [0.1, 0.15) is 45.3 Å². The Hall–Kier alpha value is -4.17. The zero-order valence-electron chi connectivity index (χ0n) is 19.5. The van der Waals surface area contributed by atoms with Crippen molar-refractivity contribution in [3.05, 3.63) is 155 Å². The Morgan fingerprint density at radius 3 is 1.71 bits per heavy atom. The van der Waals surface area contributed by atoms with Gasteiger partial charge in [0.2, 0.25) is 5.91 Å². The summed E-state index contributed by atoms with van der Waals surface area (Å²) in [5, 5.41) is 6.06. The number of hydrogen-bond donors (Lipinski definition) is 1. The lowest BCUT2D eigenvalue weighted by Gasteiger charge is -2.25. The molecule has 0 radical (unpaired) electrons. The molecular formula is C33H27NO. The molecular weight excluding hydrogens is 426 g/mol. The molecule has 0 heterocycles. The van der Waals surface area contributed by atoms with E-state index >= 15 is 0 Å². The van der Waals surface area contributed by atoms with Gasteiger partial charge >= 0.3 is 0 Å². The van der Waals surface area contributed by atoms with Gasteiger partial charge in [-0.3, -0.25) is 4.79 Å². The highest BCUT2D eigenvalue weighted by atomic mass is 16.1. The predicted molar refractivity (Wildman–Crippen MR) is 143 cm³/mol. The molecule has 2 nitrogen and oxygen atoms in total. The number of benzene rings is 5. The number of nitrogens with one attached hydrogen (secondary N) is 1. The fourth-order valence-corrected chi connectivity index (χ4v) is 5.52. The molecule has 1 aliphatic carbocycles. The van der Waals surface area contributed by atoms with E-state index in [2.05, 4.69) is 47.8 Å². The Morgan fingerprint density at radius 1 is 0.571 bits per heavy atom. The number of rotatable bonds is 6. The van der Waals surface area contributed by atoms with Crippen LogP contribution in [0.2, 0.25) is 0 Å². The highest BCUT2D eigenvalue weighted by Crippen LogP contribution is 2.37. The van der Waals surface area contributed by atoms with Crippen LogP contribution in [0.25, 0.3) is 10.8 Å². The minimum Gasteiger partial charge on any atom is -0.344 e. The van der Waals surface area contributed by atoms with Crippen molar-refractivity contribution in [2.75, 3.05) is 0 Å². The van der Waals surface area contributed by atoms with Gasteiger partial charge < -0.3 is 5.32 Å². The molecule has 1 amide bonds. The summed E-state index contributed by atoms with van der Waals surface area (Å²) in [5.74, 6) is -0.389. The molecule has 6 rings (SSSR count). The maximum Gasteiger partial charge on any atom is 0.232 e. The van der Waals surface area contributed by atoms with E-state index in [-0.39, 0.29) is 17.9 Å². The molecule has 0 aliphatic heterocycles. The van der Waals surface area contributed by atoms with Crippen LogP contribution in [-0.2, 0) is 17.6 Å². The summed E-state index contributed by atoms with van der Waals surface area (Å²) < 4.78 is 0. The molecule has 1 atom stereocenters. The van der Waals surface area contributed by atoms with Gasteiger partial charge in [0.05, 0.1) is 12.0 Å². The number of hydrogen-bond acceptors (Lipinski definition) is 1. The maximum absolute atomic E-state index is 14.1. The molecule has 35 heavy (non-hydrogen) atoms. The van der Waals surface area contributed by atoms with Crippen LogP contribution in [0.3, 0.4) is 0 Å². The first-order chi connectivity index (χ1) is 17.3. The van der Waals surface area contributed by atoms with Crippen LogP contribution in [0.15, 0.2) is 121 Å². The summed E-state index contributed by atoms with van der Waals surface area (Å²) in [5.41, 5.74) is 7.02. The van der Waals surface area contributed by atoms with E-state index in [1.165, 1.54) is 21.9 Å². The molecule has 1 N–H and O–H groups in total. The highest BCUT2D eigenvalue weighted by Gasteiger charge is 2.28. The summed E-state index contributed by atoms with van der Waals surface area (Å²) in [4.78, 5) is 14.1. The number of aryl methyl sites for hydroxylation is 2. The third kappa shape index (κ3) is 4.02. The first kappa shape index (κ1) is 21.4. The highest BCUT2D eigenvalue weighted by molar-refractivity contribution is 5.95. The molecule has 0 spiro atoms. The van der Waals surface area contributed by atoms with Crippen molar-refractivity contribution in [2.45, 2.75) is 24.8 Å². The lowest BCUT2D eigenvalue weighted by Crippen LogP contribution is -2.34. The zero-order valence-corrected chi connectivity index (χ0v) is 19.5. The monoisotopic (exact) mass is 453 g/mol.